The van der Waals surface area contributed by atoms with Crippen molar-refractivity contribution in [2.75, 3.05) is 4.90 Å². The predicted molar refractivity (Wildman–Crippen MR) is 208 cm³/mol. The van der Waals surface area contributed by atoms with Crippen LogP contribution in [0.2, 0.25) is 0 Å². The van der Waals surface area contributed by atoms with E-state index < -0.39 is 0 Å². The summed E-state index contributed by atoms with van der Waals surface area (Å²) in [6, 6.07) is 25.7. The van der Waals surface area contributed by atoms with Gasteiger partial charge in [-0.1, -0.05) is 106 Å². The average molecular weight is 634 g/mol. The van der Waals surface area contributed by atoms with Crippen molar-refractivity contribution in [3.8, 4) is 0 Å². The van der Waals surface area contributed by atoms with Crippen molar-refractivity contribution in [2.45, 2.75) is 60.8 Å². The van der Waals surface area contributed by atoms with Crippen molar-refractivity contribution >= 4 is 58.1 Å². The Morgan fingerprint density at radius 1 is 0.917 bits per heavy atom. The van der Waals surface area contributed by atoms with Crippen molar-refractivity contribution in [2.24, 2.45) is 0 Å². The van der Waals surface area contributed by atoms with Crippen LogP contribution in [0.4, 0.5) is 17.1 Å². The van der Waals surface area contributed by atoms with Gasteiger partial charge in [0.25, 0.3) is 0 Å². The molecular weight excluding hydrogens is 587 g/mol. The van der Waals surface area contributed by atoms with E-state index in [0.717, 1.165) is 47.0 Å². The molecule has 0 bridgehead atoms. The van der Waals surface area contributed by atoms with Gasteiger partial charge in [-0.15, -0.1) is 0 Å². The van der Waals surface area contributed by atoms with Crippen LogP contribution in [0.3, 0.4) is 0 Å². The quantitative estimate of drug-likeness (QED) is 0.0937. The van der Waals surface area contributed by atoms with Crippen LogP contribution in [0.1, 0.15) is 75.8 Å². The molecule has 0 heterocycles. The van der Waals surface area contributed by atoms with Gasteiger partial charge in [0.05, 0.1) is 5.69 Å². The molecule has 0 unspecified atom stereocenters. The van der Waals surface area contributed by atoms with E-state index in [0.29, 0.717) is 17.4 Å². The van der Waals surface area contributed by atoms with Crippen LogP contribution in [-0.2, 0) is 22.4 Å². The second-order valence-corrected chi connectivity index (χ2v) is 11.5. The molecule has 0 radical (unpaired) electrons. The van der Waals surface area contributed by atoms with Crippen LogP contribution in [0.15, 0.2) is 126 Å². The monoisotopic (exact) mass is 633 g/mol. The van der Waals surface area contributed by atoms with E-state index in [4.69, 9.17) is 0 Å². The number of allylic oxidation sites excluding steroid dienone is 8. The molecule has 3 heteroatoms. The van der Waals surface area contributed by atoms with Crippen molar-refractivity contribution in [1.82, 2.24) is 0 Å². The van der Waals surface area contributed by atoms with Gasteiger partial charge >= 0.3 is 0 Å². The SMILES string of the molecule is C=C/C(C=O)=C(\C=C/C)C(=O)C(C)=Cc1ccc2cc(N(c3ccccc3)c3cc4c(c(CC)c3/C=C\C)CCC=C4)ccc2c1.CC. The molecule has 5 rings (SSSR count). The van der Waals surface area contributed by atoms with E-state index in [1.165, 1.54) is 34.0 Å². The van der Waals surface area contributed by atoms with Crippen molar-refractivity contribution in [1.29, 1.82) is 0 Å². The van der Waals surface area contributed by atoms with Crippen molar-refractivity contribution in [3.63, 3.8) is 0 Å². The summed E-state index contributed by atoms with van der Waals surface area (Å²) in [5.74, 6) is -0.197. The van der Waals surface area contributed by atoms with Gasteiger partial charge in [0.15, 0.2) is 12.1 Å². The van der Waals surface area contributed by atoms with Gasteiger partial charge in [0.2, 0.25) is 0 Å². The standard InChI is InChI=1S/C43H41NO2.C2H6/c1-6-15-40(32(8-3)29-45)43(46)30(5)25-31-21-22-34-27-37(24-23-33(34)26-31)44(36-18-11-10-12-19-36)42-28-35-17-13-14-20-39(35)38(9-4)41(42)16-7-2;1-2/h6-8,10-13,15-19,21-29H,3,9,14,20H2,1-2,4-5H3;1-2H3/b15-6-,16-7-,30-25?,40-32-;. The van der Waals surface area contributed by atoms with Gasteiger partial charge in [-0.3, -0.25) is 9.59 Å². The number of carbonyl (C=O) groups excluding carboxylic acids is 2. The lowest BCUT2D eigenvalue weighted by Gasteiger charge is -2.30. The summed E-state index contributed by atoms with van der Waals surface area (Å²) in [4.78, 5) is 27.2. The number of aldehydes is 1. The van der Waals surface area contributed by atoms with E-state index in [-0.39, 0.29) is 11.4 Å². The summed E-state index contributed by atoms with van der Waals surface area (Å²) < 4.78 is 0. The first-order valence-corrected chi connectivity index (χ1v) is 17.0. The maximum atomic E-state index is 13.3. The minimum Gasteiger partial charge on any atom is -0.310 e. The van der Waals surface area contributed by atoms with Gasteiger partial charge in [0.1, 0.15) is 0 Å². The fourth-order valence-electron chi connectivity index (χ4n) is 6.33. The normalized spacial score (nSPS) is 13.2. The van der Waals surface area contributed by atoms with Crippen LogP contribution < -0.4 is 4.90 Å². The van der Waals surface area contributed by atoms with Gasteiger partial charge in [-0.2, -0.15) is 0 Å². The largest absolute Gasteiger partial charge is 0.310 e. The molecule has 0 atom stereocenters. The summed E-state index contributed by atoms with van der Waals surface area (Å²) in [7, 11) is 0. The number of fused-ring (bicyclic) bond motifs is 2. The fraction of sp³-hybridized carbons (Fsp3) is 0.200. The predicted octanol–water partition coefficient (Wildman–Crippen LogP) is 12.1. The van der Waals surface area contributed by atoms with Crippen LogP contribution in [0, 0.1) is 0 Å². The lowest BCUT2D eigenvalue weighted by atomic mass is 9.86. The minimum absolute atomic E-state index is 0.197. The fourth-order valence-corrected chi connectivity index (χ4v) is 6.33. The number of Topliss-reactive ketones (excluding diaryl/α,β-unsaturated/α-hetero) is 1. The van der Waals surface area contributed by atoms with E-state index >= 15 is 0 Å². The highest BCUT2D eigenvalue weighted by molar-refractivity contribution is 6.15. The third-order valence-corrected chi connectivity index (χ3v) is 8.49. The third-order valence-electron chi connectivity index (χ3n) is 8.49. The lowest BCUT2D eigenvalue weighted by Crippen LogP contribution is -2.14. The molecule has 0 aromatic heterocycles. The van der Waals surface area contributed by atoms with Crippen LogP contribution in [0.5, 0.6) is 0 Å². The van der Waals surface area contributed by atoms with Crippen LogP contribution in [-0.4, -0.2) is 12.1 Å². The van der Waals surface area contributed by atoms with Gasteiger partial charge < -0.3 is 4.90 Å². The molecule has 3 nitrogen and oxygen atoms in total. The Kier molecular flexibility index (Phi) is 12.6. The summed E-state index contributed by atoms with van der Waals surface area (Å²) in [6.45, 7) is 15.6. The van der Waals surface area contributed by atoms with Crippen LogP contribution >= 0.6 is 0 Å². The van der Waals surface area contributed by atoms with E-state index in [1.807, 2.05) is 32.9 Å². The Morgan fingerprint density at radius 2 is 1.65 bits per heavy atom. The van der Waals surface area contributed by atoms with Crippen LogP contribution in [0.25, 0.3) is 29.0 Å². The lowest BCUT2D eigenvalue weighted by molar-refractivity contribution is -0.112. The molecule has 1 aliphatic carbocycles. The topological polar surface area (TPSA) is 37.4 Å². The summed E-state index contributed by atoms with van der Waals surface area (Å²) in [5, 5.41) is 2.18. The molecular formula is C45H47NO2. The Morgan fingerprint density at radius 3 is 2.31 bits per heavy atom. The number of ketones is 1. The zero-order valence-corrected chi connectivity index (χ0v) is 29.2. The highest BCUT2D eigenvalue weighted by Crippen LogP contribution is 2.42. The number of nitrogens with zero attached hydrogens (tertiary/aromatic N) is 1. The summed E-state index contributed by atoms with van der Waals surface area (Å²) in [6.07, 6.45) is 19.5. The molecule has 4 aromatic carbocycles. The first-order chi connectivity index (χ1) is 23.4. The molecule has 0 spiro atoms. The number of hydrogen-bond acceptors (Lipinski definition) is 3. The smallest absolute Gasteiger partial charge is 0.189 e. The second-order valence-electron chi connectivity index (χ2n) is 11.5. The van der Waals surface area contributed by atoms with E-state index in [9.17, 15) is 9.59 Å². The highest BCUT2D eigenvalue weighted by atomic mass is 16.1. The number of rotatable bonds is 11. The maximum Gasteiger partial charge on any atom is 0.189 e. The summed E-state index contributed by atoms with van der Waals surface area (Å²) >= 11 is 0. The van der Waals surface area contributed by atoms with Gasteiger partial charge in [-0.25, -0.2) is 0 Å². The first-order valence-electron chi connectivity index (χ1n) is 17.0. The molecule has 0 N–H and O–H groups in total. The first kappa shape index (κ1) is 35.6. The molecule has 0 amide bonds. The van der Waals surface area contributed by atoms with E-state index in [1.54, 1.807) is 19.1 Å². The second kappa shape index (κ2) is 17.0. The number of hydrogen-bond donors (Lipinski definition) is 0. The maximum absolute atomic E-state index is 13.3. The molecule has 48 heavy (non-hydrogen) atoms. The zero-order chi connectivity index (χ0) is 34.6. The Balaban J connectivity index is 0.00000255. The van der Waals surface area contributed by atoms with Gasteiger partial charge in [0, 0.05) is 28.1 Å². The molecule has 0 saturated heterocycles. The molecule has 0 aliphatic heterocycles. The average Bonchev–Trinajstić information content (AvgIpc) is 3.13. The number of benzene rings is 4. The number of para-hydroxylation sites is 1. The number of carbonyl (C=O) groups is 2. The van der Waals surface area contributed by atoms with Crippen molar-refractivity contribution < 1.29 is 9.59 Å². The number of anilines is 3. The summed E-state index contributed by atoms with van der Waals surface area (Å²) in [5.41, 5.74) is 10.9. The zero-order valence-electron chi connectivity index (χ0n) is 29.2. The molecule has 4 aromatic rings. The minimum atomic E-state index is -0.197. The molecule has 244 valence electrons. The Labute approximate surface area is 287 Å². The van der Waals surface area contributed by atoms with Gasteiger partial charge in [-0.05, 0) is 121 Å². The Hall–Kier alpha value is -5.28. The highest BCUT2D eigenvalue weighted by Gasteiger charge is 2.22. The molecule has 1 aliphatic rings. The van der Waals surface area contributed by atoms with Crippen molar-refractivity contribution in [3.05, 3.63) is 154 Å². The third kappa shape index (κ3) is 7.64. The molecule has 0 saturated carbocycles. The Bertz CT molecular complexity index is 1940. The van der Waals surface area contributed by atoms with E-state index in [2.05, 4.69) is 116 Å². The molecule has 0 fully saturated rings.